The molecule has 7 heteroatoms. The minimum Gasteiger partial charge on any atom is -0.324 e. The quantitative estimate of drug-likeness (QED) is 0.796. The van der Waals surface area contributed by atoms with Gasteiger partial charge in [0, 0.05) is 35.6 Å². The van der Waals surface area contributed by atoms with Crippen molar-refractivity contribution in [2.75, 3.05) is 16.8 Å². The van der Waals surface area contributed by atoms with E-state index in [0.717, 1.165) is 12.8 Å². The van der Waals surface area contributed by atoms with E-state index in [1.165, 1.54) is 6.07 Å². The number of para-hydroxylation sites is 2. The first-order chi connectivity index (χ1) is 13.9. The molecule has 0 radical (unpaired) electrons. The zero-order valence-electron chi connectivity index (χ0n) is 16.2. The number of benzene rings is 2. The van der Waals surface area contributed by atoms with Crippen molar-refractivity contribution in [3.05, 3.63) is 58.9 Å². The van der Waals surface area contributed by atoms with Gasteiger partial charge in [-0.2, -0.15) is 0 Å². The van der Waals surface area contributed by atoms with Crippen LogP contribution in [0.1, 0.15) is 31.7 Å². The summed E-state index contributed by atoms with van der Waals surface area (Å²) >= 11 is 6.20. The molecule has 2 aliphatic rings. The summed E-state index contributed by atoms with van der Waals surface area (Å²) in [5.74, 6) is -0.586. The molecule has 1 aliphatic heterocycles. The maximum absolute atomic E-state index is 14.3. The summed E-state index contributed by atoms with van der Waals surface area (Å²) in [5, 5.41) is 3.23. The highest BCUT2D eigenvalue weighted by molar-refractivity contribution is 6.31. The molecule has 2 aromatic rings. The van der Waals surface area contributed by atoms with Gasteiger partial charge in [0.1, 0.15) is 5.82 Å². The van der Waals surface area contributed by atoms with E-state index in [1.54, 1.807) is 23.1 Å². The SMILES string of the molecule is CC1CC(=O)Nc2ccccc2N1C(=O)CN(Cc1c(F)cccc1Cl)C1CC1. The van der Waals surface area contributed by atoms with E-state index < -0.39 is 0 Å². The molecule has 1 atom stereocenters. The number of amides is 2. The largest absolute Gasteiger partial charge is 0.324 e. The Kier molecular flexibility index (Phi) is 5.56. The molecule has 1 heterocycles. The van der Waals surface area contributed by atoms with Crippen LogP contribution in [-0.4, -0.2) is 35.3 Å². The van der Waals surface area contributed by atoms with Crippen LogP contribution in [0.4, 0.5) is 15.8 Å². The molecule has 29 heavy (non-hydrogen) atoms. The highest BCUT2D eigenvalue weighted by Crippen LogP contribution is 2.34. The van der Waals surface area contributed by atoms with Gasteiger partial charge in [0.2, 0.25) is 11.8 Å². The first kappa shape index (κ1) is 19.9. The Bertz CT molecular complexity index is 927. The Morgan fingerprint density at radius 2 is 2.00 bits per heavy atom. The molecule has 1 aliphatic carbocycles. The summed E-state index contributed by atoms with van der Waals surface area (Å²) in [4.78, 5) is 29.2. The maximum Gasteiger partial charge on any atom is 0.241 e. The van der Waals surface area contributed by atoms with Gasteiger partial charge >= 0.3 is 0 Å². The third kappa shape index (κ3) is 4.28. The average Bonchev–Trinajstić information content (AvgIpc) is 3.50. The van der Waals surface area contributed by atoms with Crippen molar-refractivity contribution in [2.45, 2.75) is 44.8 Å². The predicted molar refractivity (Wildman–Crippen MR) is 111 cm³/mol. The number of nitrogens with zero attached hydrogens (tertiary/aromatic N) is 2. The topological polar surface area (TPSA) is 52.7 Å². The molecule has 152 valence electrons. The highest BCUT2D eigenvalue weighted by atomic mass is 35.5. The lowest BCUT2D eigenvalue weighted by Gasteiger charge is -2.31. The molecule has 0 spiro atoms. The van der Waals surface area contributed by atoms with E-state index in [-0.39, 0.29) is 49.2 Å². The monoisotopic (exact) mass is 415 g/mol. The van der Waals surface area contributed by atoms with Crippen molar-refractivity contribution in [1.29, 1.82) is 0 Å². The van der Waals surface area contributed by atoms with E-state index in [0.29, 0.717) is 22.0 Å². The predicted octanol–water partition coefficient (Wildman–Crippen LogP) is 4.21. The lowest BCUT2D eigenvalue weighted by Crippen LogP contribution is -2.45. The fourth-order valence-corrected chi connectivity index (χ4v) is 4.08. The zero-order valence-corrected chi connectivity index (χ0v) is 17.0. The second-order valence-electron chi connectivity index (χ2n) is 7.72. The van der Waals surface area contributed by atoms with Crippen LogP contribution in [0.3, 0.4) is 0 Å². The van der Waals surface area contributed by atoms with Gasteiger partial charge in [-0.15, -0.1) is 0 Å². The number of anilines is 2. The number of carbonyl (C=O) groups is 2. The van der Waals surface area contributed by atoms with E-state index in [1.807, 2.05) is 30.0 Å². The summed E-state index contributed by atoms with van der Waals surface area (Å²) in [6, 6.07) is 11.9. The second-order valence-corrected chi connectivity index (χ2v) is 8.13. The van der Waals surface area contributed by atoms with Gasteiger partial charge in [-0.3, -0.25) is 14.5 Å². The molecule has 0 aromatic heterocycles. The van der Waals surface area contributed by atoms with Gasteiger partial charge in [0.15, 0.2) is 0 Å². The highest BCUT2D eigenvalue weighted by Gasteiger charge is 2.35. The van der Waals surface area contributed by atoms with Crippen LogP contribution in [0, 0.1) is 5.82 Å². The number of carbonyl (C=O) groups excluding carboxylic acids is 2. The summed E-state index contributed by atoms with van der Waals surface area (Å²) in [6.07, 6.45) is 2.18. The minimum absolute atomic E-state index is 0.110. The van der Waals surface area contributed by atoms with Crippen LogP contribution in [0.25, 0.3) is 0 Å². The molecule has 5 nitrogen and oxygen atoms in total. The third-order valence-corrected chi connectivity index (χ3v) is 5.81. The van der Waals surface area contributed by atoms with Crippen LogP contribution in [0.5, 0.6) is 0 Å². The van der Waals surface area contributed by atoms with Crippen molar-refractivity contribution < 1.29 is 14.0 Å². The van der Waals surface area contributed by atoms with Crippen LogP contribution in [0.15, 0.2) is 42.5 Å². The van der Waals surface area contributed by atoms with Gasteiger partial charge in [-0.05, 0) is 44.0 Å². The van der Waals surface area contributed by atoms with E-state index in [4.69, 9.17) is 11.6 Å². The number of fused-ring (bicyclic) bond motifs is 1. The molecule has 1 N–H and O–H groups in total. The van der Waals surface area contributed by atoms with E-state index >= 15 is 0 Å². The van der Waals surface area contributed by atoms with Crippen molar-refractivity contribution in [3.8, 4) is 0 Å². The Hall–Kier alpha value is -2.44. The number of nitrogens with one attached hydrogen (secondary N) is 1. The van der Waals surface area contributed by atoms with Crippen molar-refractivity contribution in [1.82, 2.24) is 4.90 Å². The Labute approximate surface area is 174 Å². The van der Waals surface area contributed by atoms with Gasteiger partial charge in [-0.1, -0.05) is 29.8 Å². The molecule has 2 amide bonds. The molecule has 2 aromatic carbocycles. The van der Waals surface area contributed by atoms with Crippen molar-refractivity contribution in [2.24, 2.45) is 0 Å². The molecular formula is C22H23ClFN3O2. The van der Waals surface area contributed by atoms with Crippen LogP contribution < -0.4 is 10.2 Å². The van der Waals surface area contributed by atoms with Gasteiger partial charge in [0.05, 0.1) is 17.9 Å². The minimum atomic E-state index is -0.362. The Balaban J connectivity index is 1.59. The first-order valence-electron chi connectivity index (χ1n) is 9.82. The fraction of sp³-hybridized carbons (Fsp3) is 0.364. The lowest BCUT2D eigenvalue weighted by molar-refractivity contribution is -0.120. The van der Waals surface area contributed by atoms with E-state index in [2.05, 4.69) is 5.32 Å². The summed E-state index contributed by atoms with van der Waals surface area (Å²) < 4.78 is 14.3. The van der Waals surface area contributed by atoms with Crippen LogP contribution in [-0.2, 0) is 16.1 Å². The maximum atomic E-state index is 14.3. The number of halogens is 2. The standard InChI is InChI=1S/C22H23ClFN3O2/c1-14-11-21(28)25-19-7-2-3-8-20(19)27(14)22(29)13-26(15-9-10-15)12-16-17(23)5-4-6-18(16)24/h2-8,14-15H,9-13H2,1H3,(H,25,28). The Morgan fingerprint density at radius 1 is 1.24 bits per heavy atom. The molecule has 0 saturated heterocycles. The molecule has 0 bridgehead atoms. The van der Waals surface area contributed by atoms with Gasteiger partial charge in [-0.25, -0.2) is 4.39 Å². The summed E-state index contributed by atoms with van der Waals surface area (Å²) in [6.45, 7) is 2.29. The van der Waals surface area contributed by atoms with Crippen molar-refractivity contribution >= 4 is 34.8 Å². The molecule has 1 fully saturated rings. The number of hydrogen-bond acceptors (Lipinski definition) is 3. The van der Waals surface area contributed by atoms with Gasteiger partial charge < -0.3 is 10.2 Å². The number of hydrogen-bond donors (Lipinski definition) is 1. The Morgan fingerprint density at radius 3 is 2.72 bits per heavy atom. The molecule has 1 unspecified atom stereocenters. The third-order valence-electron chi connectivity index (χ3n) is 5.45. The zero-order chi connectivity index (χ0) is 20.5. The molecular weight excluding hydrogens is 393 g/mol. The molecule has 4 rings (SSSR count). The fourth-order valence-electron chi connectivity index (χ4n) is 3.86. The van der Waals surface area contributed by atoms with Crippen LogP contribution in [0.2, 0.25) is 5.02 Å². The number of rotatable bonds is 5. The lowest BCUT2D eigenvalue weighted by atomic mass is 10.1. The van der Waals surface area contributed by atoms with E-state index in [9.17, 15) is 14.0 Å². The van der Waals surface area contributed by atoms with Gasteiger partial charge in [0.25, 0.3) is 0 Å². The summed E-state index contributed by atoms with van der Waals surface area (Å²) in [7, 11) is 0. The smallest absolute Gasteiger partial charge is 0.241 e. The normalized spacial score (nSPS) is 19.0. The summed E-state index contributed by atoms with van der Waals surface area (Å²) in [5.41, 5.74) is 1.73. The molecule has 1 saturated carbocycles. The second kappa shape index (κ2) is 8.13. The van der Waals surface area contributed by atoms with Crippen LogP contribution >= 0.6 is 11.6 Å². The average molecular weight is 416 g/mol. The van der Waals surface area contributed by atoms with Crippen molar-refractivity contribution in [3.63, 3.8) is 0 Å². The first-order valence-corrected chi connectivity index (χ1v) is 10.2.